The molecule has 0 radical (unpaired) electrons. The maximum absolute atomic E-state index is 12.6. The number of carbonyl (C=O) groups is 2. The van der Waals surface area contributed by atoms with Crippen LogP contribution in [0.1, 0.15) is 42.7 Å². The van der Waals surface area contributed by atoms with E-state index in [1.54, 1.807) is 12.1 Å². The normalized spacial score (nSPS) is 16.1. The highest BCUT2D eigenvalue weighted by molar-refractivity contribution is 6.31. The Morgan fingerprint density at radius 3 is 2.62 bits per heavy atom. The van der Waals surface area contributed by atoms with E-state index in [1.807, 2.05) is 45.0 Å². The summed E-state index contributed by atoms with van der Waals surface area (Å²) >= 11 is 6.04. The third-order valence-corrected chi connectivity index (χ3v) is 6.27. The van der Waals surface area contributed by atoms with Gasteiger partial charge >= 0.3 is 6.03 Å². The van der Waals surface area contributed by atoms with Crippen molar-refractivity contribution in [2.75, 3.05) is 18.4 Å². The van der Waals surface area contributed by atoms with E-state index in [-0.39, 0.29) is 11.8 Å². The van der Waals surface area contributed by atoms with Crippen LogP contribution in [0.5, 0.6) is 0 Å². The van der Waals surface area contributed by atoms with Gasteiger partial charge in [0, 0.05) is 16.6 Å². The van der Waals surface area contributed by atoms with Crippen LogP contribution >= 0.6 is 11.6 Å². The number of amides is 3. The molecular formula is C24H27ClN4O3. The molecule has 7 nitrogen and oxygen atoms in total. The van der Waals surface area contributed by atoms with Gasteiger partial charge in [0.15, 0.2) is 11.5 Å². The van der Waals surface area contributed by atoms with E-state index in [2.05, 4.69) is 20.5 Å². The van der Waals surface area contributed by atoms with Gasteiger partial charge in [-0.25, -0.2) is 9.78 Å². The fourth-order valence-electron chi connectivity index (χ4n) is 4.12. The van der Waals surface area contributed by atoms with Gasteiger partial charge in [-0.1, -0.05) is 29.3 Å². The van der Waals surface area contributed by atoms with Crippen LogP contribution in [0.4, 0.5) is 10.5 Å². The molecular weight excluding hydrogens is 428 g/mol. The van der Waals surface area contributed by atoms with Crippen LogP contribution in [0.25, 0.3) is 11.1 Å². The number of aromatic nitrogens is 1. The molecule has 2 aromatic carbocycles. The van der Waals surface area contributed by atoms with Gasteiger partial charge in [-0.05, 0) is 76.5 Å². The maximum Gasteiger partial charge on any atom is 0.325 e. The first-order valence-corrected chi connectivity index (χ1v) is 11.2. The van der Waals surface area contributed by atoms with Crippen molar-refractivity contribution in [2.45, 2.75) is 45.6 Å². The summed E-state index contributed by atoms with van der Waals surface area (Å²) in [5.74, 6) is 0.592. The molecule has 0 aliphatic carbocycles. The van der Waals surface area contributed by atoms with Crippen LogP contribution in [0, 0.1) is 13.8 Å². The van der Waals surface area contributed by atoms with Crippen molar-refractivity contribution >= 4 is 40.3 Å². The smallest absolute Gasteiger partial charge is 0.325 e. The summed E-state index contributed by atoms with van der Waals surface area (Å²) in [5.41, 5.74) is 4.24. The molecule has 1 atom stereocenters. The molecule has 2 N–H and O–H groups in total. The van der Waals surface area contributed by atoms with Gasteiger partial charge in [-0.3, -0.25) is 15.0 Å². The summed E-state index contributed by atoms with van der Waals surface area (Å²) in [6.45, 7) is 7.17. The lowest BCUT2D eigenvalue weighted by atomic mass is 9.95. The zero-order valence-corrected chi connectivity index (χ0v) is 19.2. The van der Waals surface area contributed by atoms with E-state index in [9.17, 15) is 9.59 Å². The van der Waals surface area contributed by atoms with Gasteiger partial charge in [0.1, 0.15) is 5.52 Å². The third kappa shape index (κ3) is 4.95. The lowest BCUT2D eigenvalue weighted by Crippen LogP contribution is -2.50. The molecule has 4 rings (SSSR count). The fourth-order valence-corrected chi connectivity index (χ4v) is 4.28. The van der Waals surface area contributed by atoms with Crippen LogP contribution in [0.15, 0.2) is 40.8 Å². The second-order valence-electron chi connectivity index (χ2n) is 8.41. The van der Waals surface area contributed by atoms with Crippen molar-refractivity contribution in [3.8, 4) is 0 Å². The molecule has 1 aliphatic rings. The molecule has 1 saturated heterocycles. The standard InChI is InChI=1S/C24H27ClN4O3/c1-14-4-6-19(15(2)12-14)27-24(31)28-22(30)16(3)29-10-8-17(9-11-29)23-26-20-13-18(25)5-7-21(20)32-23/h4-7,12-13,16-17H,8-11H2,1-3H3,(H2,27,28,30,31). The molecule has 1 unspecified atom stereocenters. The number of carbonyl (C=O) groups excluding carboxylic acids is 2. The van der Waals surface area contributed by atoms with Gasteiger partial charge in [0.05, 0.1) is 6.04 Å². The molecule has 0 bridgehead atoms. The number of hydrogen-bond acceptors (Lipinski definition) is 5. The molecule has 0 spiro atoms. The van der Waals surface area contributed by atoms with Crippen molar-refractivity contribution in [1.82, 2.24) is 15.2 Å². The lowest BCUT2D eigenvalue weighted by molar-refractivity contribution is -0.125. The SMILES string of the molecule is Cc1ccc(NC(=O)NC(=O)C(C)N2CCC(c3nc4cc(Cl)ccc4o3)CC2)c(C)c1. The van der Waals surface area contributed by atoms with E-state index in [0.29, 0.717) is 16.6 Å². The zero-order chi connectivity index (χ0) is 22.8. The van der Waals surface area contributed by atoms with Gasteiger partial charge in [0.25, 0.3) is 0 Å². The van der Waals surface area contributed by atoms with Crippen molar-refractivity contribution in [3.05, 3.63) is 58.4 Å². The van der Waals surface area contributed by atoms with Crippen LogP contribution in [0.3, 0.4) is 0 Å². The summed E-state index contributed by atoms with van der Waals surface area (Å²) in [7, 11) is 0. The van der Waals surface area contributed by atoms with Crippen LogP contribution < -0.4 is 10.6 Å². The summed E-state index contributed by atoms with van der Waals surface area (Å²) < 4.78 is 5.91. The molecule has 1 aliphatic heterocycles. The summed E-state index contributed by atoms with van der Waals surface area (Å²) in [6.07, 6.45) is 1.65. The number of nitrogens with one attached hydrogen (secondary N) is 2. The Labute approximate surface area is 192 Å². The number of piperidine rings is 1. The van der Waals surface area contributed by atoms with Crippen LogP contribution in [-0.4, -0.2) is 41.0 Å². The predicted molar refractivity (Wildman–Crippen MR) is 125 cm³/mol. The van der Waals surface area contributed by atoms with Crippen molar-refractivity contribution < 1.29 is 14.0 Å². The minimum atomic E-state index is -0.520. The highest BCUT2D eigenvalue weighted by Gasteiger charge is 2.30. The third-order valence-electron chi connectivity index (χ3n) is 6.04. The number of benzene rings is 2. The number of oxazole rings is 1. The quantitative estimate of drug-likeness (QED) is 0.578. The molecule has 3 aromatic rings. The Bertz CT molecular complexity index is 1150. The highest BCUT2D eigenvalue weighted by atomic mass is 35.5. The zero-order valence-electron chi connectivity index (χ0n) is 18.4. The van der Waals surface area contributed by atoms with Crippen molar-refractivity contribution in [3.63, 3.8) is 0 Å². The summed E-state index contributed by atoms with van der Waals surface area (Å²) in [5, 5.41) is 5.84. The van der Waals surface area contributed by atoms with Gasteiger partial charge in [0.2, 0.25) is 5.91 Å². The first-order chi connectivity index (χ1) is 15.3. The second-order valence-corrected chi connectivity index (χ2v) is 8.85. The van der Waals surface area contributed by atoms with Crippen molar-refractivity contribution in [2.24, 2.45) is 0 Å². The van der Waals surface area contributed by atoms with E-state index >= 15 is 0 Å². The van der Waals surface area contributed by atoms with E-state index < -0.39 is 12.1 Å². The number of likely N-dealkylation sites (tertiary alicyclic amines) is 1. The van der Waals surface area contributed by atoms with Crippen LogP contribution in [0.2, 0.25) is 5.02 Å². The van der Waals surface area contributed by atoms with Gasteiger partial charge in [-0.15, -0.1) is 0 Å². The first-order valence-electron chi connectivity index (χ1n) is 10.8. The monoisotopic (exact) mass is 454 g/mol. The molecule has 2 heterocycles. The summed E-state index contributed by atoms with van der Waals surface area (Å²) in [4.78, 5) is 31.6. The molecule has 8 heteroatoms. The number of fused-ring (bicyclic) bond motifs is 1. The number of halogens is 1. The Morgan fingerprint density at radius 2 is 1.91 bits per heavy atom. The molecule has 1 aromatic heterocycles. The number of aryl methyl sites for hydroxylation is 2. The summed E-state index contributed by atoms with van der Waals surface area (Å²) in [6, 6.07) is 10.2. The molecule has 0 saturated carbocycles. The van der Waals surface area contributed by atoms with E-state index in [1.165, 1.54) is 0 Å². The fraction of sp³-hybridized carbons (Fsp3) is 0.375. The van der Waals surface area contributed by atoms with Crippen LogP contribution in [-0.2, 0) is 4.79 Å². The Hall–Kier alpha value is -2.90. The maximum atomic E-state index is 12.6. The number of anilines is 1. The number of hydrogen-bond donors (Lipinski definition) is 2. The topological polar surface area (TPSA) is 87.5 Å². The minimum absolute atomic E-state index is 0.195. The molecule has 168 valence electrons. The number of rotatable bonds is 4. The number of urea groups is 1. The first kappa shape index (κ1) is 22.3. The Balaban J connectivity index is 1.30. The molecule has 1 fully saturated rings. The predicted octanol–water partition coefficient (Wildman–Crippen LogP) is 5.01. The van der Waals surface area contributed by atoms with E-state index in [4.69, 9.17) is 16.0 Å². The number of nitrogens with zero attached hydrogens (tertiary/aromatic N) is 2. The van der Waals surface area contributed by atoms with Crippen molar-refractivity contribution in [1.29, 1.82) is 0 Å². The molecule has 3 amide bonds. The minimum Gasteiger partial charge on any atom is -0.440 e. The van der Waals surface area contributed by atoms with Gasteiger partial charge < -0.3 is 9.73 Å². The second kappa shape index (κ2) is 9.30. The Morgan fingerprint density at radius 1 is 1.16 bits per heavy atom. The van der Waals surface area contributed by atoms with Gasteiger partial charge in [-0.2, -0.15) is 0 Å². The average Bonchev–Trinajstić information content (AvgIpc) is 3.18. The number of imide groups is 1. The average molecular weight is 455 g/mol. The lowest BCUT2D eigenvalue weighted by Gasteiger charge is -2.34. The largest absolute Gasteiger partial charge is 0.440 e. The Kier molecular flexibility index (Phi) is 6.48. The molecule has 32 heavy (non-hydrogen) atoms. The highest BCUT2D eigenvalue weighted by Crippen LogP contribution is 2.31. The van der Waals surface area contributed by atoms with E-state index in [0.717, 1.165) is 48.2 Å².